The Morgan fingerprint density at radius 3 is 3.00 bits per heavy atom. The predicted octanol–water partition coefficient (Wildman–Crippen LogP) is 1.13. The average Bonchev–Trinajstić information content (AvgIpc) is 2.28. The SMILES string of the molecule is CNc1nccc(N2CCOCC2(C)C)n1. The Morgan fingerprint density at radius 1 is 1.50 bits per heavy atom. The molecule has 16 heavy (non-hydrogen) atoms. The summed E-state index contributed by atoms with van der Waals surface area (Å²) in [5.74, 6) is 1.60. The third-order valence-corrected chi connectivity index (χ3v) is 2.79. The number of hydrogen-bond donors (Lipinski definition) is 1. The van der Waals surface area contributed by atoms with Crippen molar-refractivity contribution in [2.45, 2.75) is 19.4 Å². The van der Waals surface area contributed by atoms with Crippen molar-refractivity contribution in [3.8, 4) is 0 Å². The summed E-state index contributed by atoms with van der Waals surface area (Å²) in [7, 11) is 1.82. The zero-order chi connectivity index (χ0) is 11.6. The van der Waals surface area contributed by atoms with Crippen molar-refractivity contribution in [1.29, 1.82) is 0 Å². The van der Waals surface area contributed by atoms with Crippen LogP contribution in [0.1, 0.15) is 13.8 Å². The third kappa shape index (κ3) is 2.09. The van der Waals surface area contributed by atoms with Crippen LogP contribution in [0.5, 0.6) is 0 Å². The summed E-state index contributed by atoms with van der Waals surface area (Å²) in [4.78, 5) is 10.8. The molecule has 1 aromatic rings. The van der Waals surface area contributed by atoms with E-state index in [-0.39, 0.29) is 5.54 Å². The van der Waals surface area contributed by atoms with Gasteiger partial charge in [0.1, 0.15) is 5.82 Å². The van der Waals surface area contributed by atoms with Gasteiger partial charge >= 0.3 is 0 Å². The first-order chi connectivity index (χ1) is 7.63. The van der Waals surface area contributed by atoms with Gasteiger partial charge < -0.3 is 15.0 Å². The van der Waals surface area contributed by atoms with Gasteiger partial charge in [0.05, 0.1) is 18.8 Å². The van der Waals surface area contributed by atoms with Crippen molar-refractivity contribution in [1.82, 2.24) is 9.97 Å². The van der Waals surface area contributed by atoms with Crippen LogP contribution in [0.4, 0.5) is 11.8 Å². The molecule has 1 aliphatic rings. The highest BCUT2D eigenvalue weighted by atomic mass is 16.5. The molecule has 0 atom stereocenters. The Kier molecular flexibility index (Phi) is 2.96. The molecular weight excluding hydrogens is 204 g/mol. The van der Waals surface area contributed by atoms with E-state index < -0.39 is 0 Å². The van der Waals surface area contributed by atoms with Crippen LogP contribution in [0, 0.1) is 0 Å². The summed E-state index contributed by atoms with van der Waals surface area (Å²) in [5.41, 5.74) is -0.0163. The molecule has 1 saturated heterocycles. The summed E-state index contributed by atoms with van der Waals surface area (Å²) >= 11 is 0. The van der Waals surface area contributed by atoms with Gasteiger partial charge in [-0.1, -0.05) is 0 Å². The topological polar surface area (TPSA) is 50.3 Å². The number of ether oxygens (including phenoxy) is 1. The molecule has 1 N–H and O–H groups in total. The summed E-state index contributed by atoms with van der Waals surface area (Å²) < 4.78 is 5.49. The second-order valence-electron chi connectivity index (χ2n) is 4.51. The molecule has 0 saturated carbocycles. The van der Waals surface area contributed by atoms with E-state index in [0.717, 1.165) is 25.6 Å². The molecule has 0 radical (unpaired) electrons. The number of nitrogens with zero attached hydrogens (tertiary/aromatic N) is 3. The van der Waals surface area contributed by atoms with E-state index in [4.69, 9.17) is 4.74 Å². The van der Waals surface area contributed by atoms with E-state index in [9.17, 15) is 0 Å². The Hall–Kier alpha value is -1.36. The smallest absolute Gasteiger partial charge is 0.224 e. The highest BCUT2D eigenvalue weighted by Crippen LogP contribution is 2.25. The largest absolute Gasteiger partial charge is 0.377 e. The average molecular weight is 222 g/mol. The van der Waals surface area contributed by atoms with Crippen LogP contribution < -0.4 is 10.2 Å². The van der Waals surface area contributed by atoms with Crippen LogP contribution in [-0.4, -0.2) is 42.3 Å². The first-order valence-electron chi connectivity index (χ1n) is 5.50. The number of nitrogens with one attached hydrogen (secondary N) is 1. The van der Waals surface area contributed by atoms with Gasteiger partial charge in [-0.15, -0.1) is 0 Å². The fourth-order valence-electron chi connectivity index (χ4n) is 1.90. The van der Waals surface area contributed by atoms with Crippen molar-refractivity contribution in [3.05, 3.63) is 12.3 Å². The minimum absolute atomic E-state index is 0.0163. The van der Waals surface area contributed by atoms with Gasteiger partial charge in [-0.25, -0.2) is 4.98 Å². The standard InChI is InChI=1S/C11H18N4O/c1-11(2)8-16-7-6-15(11)9-4-5-13-10(12-3)14-9/h4-5H,6-8H2,1-3H3,(H,12,13,14). The lowest BCUT2D eigenvalue weighted by atomic mass is 10.0. The molecule has 0 amide bonds. The van der Waals surface area contributed by atoms with Crippen molar-refractivity contribution in [3.63, 3.8) is 0 Å². The van der Waals surface area contributed by atoms with Crippen LogP contribution in [-0.2, 0) is 4.74 Å². The highest BCUT2D eigenvalue weighted by molar-refractivity contribution is 5.45. The minimum Gasteiger partial charge on any atom is -0.377 e. The third-order valence-electron chi connectivity index (χ3n) is 2.79. The van der Waals surface area contributed by atoms with Gasteiger partial charge in [-0.2, -0.15) is 4.98 Å². The lowest BCUT2D eigenvalue weighted by Gasteiger charge is -2.42. The maximum atomic E-state index is 5.49. The van der Waals surface area contributed by atoms with E-state index in [1.807, 2.05) is 13.1 Å². The molecule has 2 heterocycles. The molecule has 0 spiro atoms. The van der Waals surface area contributed by atoms with Crippen LogP contribution in [0.25, 0.3) is 0 Å². The molecule has 2 rings (SSSR count). The molecule has 5 heteroatoms. The summed E-state index contributed by atoms with van der Waals surface area (Å²) in [6.45, 7) is 6.67. The van der Waals surface area contributed by atoms with Gasteiger partial charge in [-0.05, 0) is 19.9 Å². The van der Waals surface area contributed by atoms with E-state index >= 15 is 0 Å². The predicted molar refractivity (Wildman–Crippen MR) is 63.8 cm³/mol. The van der Waals surface area contributed by atoms with Crippen molar-refractivity contribution in [2.24, 2.45) is 0 Å². The maximum absolute atomic E-state index is 5.49. The fourth-order valence-corrected chi connectivity index (χ4v) is 1.90. The zero-order valence-corrected chi connectivity index (χ0v) is 10.0. The van der Waals surface area contributed by atoms with E-state index in [0.29, 0.717) is 5.95 Å². The fraction of sp³-hybridized carbons (Fsp3) is 0.636. The zero-order valence-electron chi connectivity index (χ0n) is 10.0. The van der Waals surface area contributed by atoms with Gasteiger partial charge in [0, 0.05) is 19.8 Å². The molecule has 0 aliphatic carbocycles. The lowest BCUT2D eigenvalue weighted by molar-refractivity contribution is 0.0639. The molecule has 1 aromatic heterocycles. The van der Waals surface area contributed by atoms with Gasteiger partial charge in [0.2, 0.25) is 5.95 Å². The lowest BCUT2D eigenvalue weighted by Crippen LogP contribution is -2.53. The first kappa shape index (κ1) is 11.1. The van der Waals surface area contributed by atoms with Gasteiger partial charge in [-0.3, -0.25) is 0 Å². The summed E-state index contributed by atoms with van der Waals surface area (Å²) in [6.07, 6.45) is 1.78. The van der Waals surface area contributed by atoms with E-state index in [1.165, 1.54) is 0 Å². The van der Waals surface area contributed by atoms with Crippen molar-refractivity contribution >= 4 is 11.8 Å². The number of rotatable bonds is 2. The Balaban J connectivity index is 2.27. The summed E-state index contributed by atoms with van der Waals surface area (Å²) in [5, 5.41) is 2.95. The monoisotopic (exact) mass is 222 g/mol. The Labute approximate surface area is 95.8 Å². The number of morpholine rings is 1. The number of hydrogen-bond acceptors (Lipinski definition) is 5. The van der Waals surface area contributed by atoms with E-state index in [2.05, 4.69) is 34.0 Å². The summed E-state index contributed by atoms with van der Waals surface area (Å²) in [6, 6.07) is 1.94. The Morgan fingerprint density at radius 2 is 2.31 bits per heavy atom. The maximum Gasteiger partial charge on any atom is 0.224 e. The van der Waals surface area contributed by atoms with Crippen LogP contribution >= 0.6 is 0 Å². The highest BCUT2D eigenvalue weighted by Gasteiger charge is 2.31. The van der Waals surface area contributed by atoms with Gasteiger partial charge in [0.25, 0.3) is 0 Å². The van der Waals surface area contributed by atoms with Crippen molar-refractivity contribution < 1.29 is 4.74 Å². The molecular formula is C11H18N4O. The van der Waals surface area contributed by atoms with Gasteiger partial charge in [0.15, 0.2) is 0 Å². The van der Waals surface area contributed by atoms with Crippen LogP contribution in [0.3, 0.4) is 0 Å². The normalized spacial score (nSPS) is 19.6. The molecule has 1 aliphatic heterocycles. The number of anilines is 2. The molecule has 1 fully saturated rings. The van der Waals surface area contributed by atoms with E-state index in [1.54, 1.807) is 6.20 Å². The number of aromatic nitrogens is 2. The molecule has 88 valence electrons. The Bertz CT molecular complexity index is 367. The van der Waals surface area contributed by atoms with Crippen molar-refractivity contribution in [2.75, 3.05) is 37.0 Å². The van der Waals surface area contributed by atoms with Crippen LogP contribution in [0.15, 0.2) is 12.3 Å². The first-order valence-corrected chi connectivity index (χ1v) is 5.50. The molecule has 0 unspecified atom stereocenters. The molecule has 5 nitrogen and oxygen atoms in total. The second-order valence-corrected chi connectivity index (χ2v) is 4.51. The van der Waals surface area contributed by atoms with Crippen LogP contribution in [0.2, 0.25) is 0 Å². The minimum atomic E-state index is -0.0163. The quantitative estimate of drug-likeness (QED) is 0.813. The second kappa shape index (κ2) is 4.25. The molecule has 0 bridgehead atoms. The molecule has 0 aromatic carbocycles.